The molecule has 3 aromatic rings. The van der Waals surface area contributed by atoms with Crippen LogP contribution in [0.2, 0.25) is 5.02 Å². The minimum Gasteiger partial charge on any atom is -0.437 e. The number of fused-ring (bicyclic) bond motifs is 1. The Labute approximate surface area is 176 Å². The second-order valence-electron chi connectivity index (χ2n) is 8.31. The van der Waals surface area contributed by atoms with E-state index in [4.69, 9.17) is 16.3 Å². The molecule has 0 unspecified atom stereocenters. The van der Waals surface area contributed by atoms with Crippen molar-refractivity contribution in [1.82, 2.24) is 20.0 Å². The molecule has 0 atom stereocenters. The summed E-state index contributed by atoms with van der Waals surface area (Å²) in [5.41, 5.74) is 0.320. The largest absolute Gasteiger partial charge is 0.437 e. The predicted octanol–water partition coefficient (Wildman–Crippen LogP) is 5.08. The van der Waals surface area contributed by atoms with Gasteiger partial charge in [0.25, 0.3) is 0 Å². The normalized spacial score (nSPS) is 20.4. The first-order valence-corrected chi connectivity index (χ1v) is 10.5. The van der Waals surface area contributed by atoms with Crippen molar-refractivity contribution in [1.29, 1.82) is 0 Å². The van der Waals surface area contributed by atoms with Crippen LogP contribution in [0.5, 0.6) is 11.6 Å². The number of ether oxygens (including phenoxy) is 1. The van der Waals surface area contributed by atoms with Crippen molar-refractivity contribution in [2.75, 3.05) is 0 Å². The summed E-state index contributed by atoms with van der Waals surface area (Å²) in [7, 11) is 0. The number of pyridine rings is 1. The van der Waals surface area contributed by atoms with Gasteiger partial charge in [-0.3, -0.25) is 0 Å². The van der Waals surface area contributed by atoms with Crippen molar-refractivity contribution in [2.24, 2.45) is 5.92 Å². The maximum atomic E-state index is 13.6. The highest BCUT2D eigenvalue weighted by Crippen LogP contribution is 2.47. The Morgan fingerprint density at radius 1 is 1.17 bits per heavy atom. The molecule has 2 heterocycles. The van der Waals surface area contributed by atoms with Crippen LogP contribution in [0.15, 0.2) is 30.5 Å². The molecule has 5 rings (SSSR count). The number of hydrogen-bond acceptors (Lipinski definition) is 5. The lowest BCUT2D eigenvalue weighted by Crippen LogP contribution is -2.36. The first-order chi connectivity index (χ1) is 14.3. The molecule has 0 amide bonds. The second-order valence-corrected chi connectivity index (χ2v) is 8.68. The van der Waals surface area contributed by atoms with E-state index in [9.17, 15) is 13.9 Å². The van der Waals surface area contributed by atoms with Gasteiger partial charge < -0.3 is 9.84 Å². The summed E-state index contributed by atoms with van der Waals surface area (Å²) >= 11 is 6.54. The lowest BCUT2D eigenvalue weighted by molar-refractivity contribution is -0.107. The summed E-state index contributed by atoms with van der Waals surface area (Å²) in [6, 6.07) is 6.87. The number of alkyl halides is 2. The van der Waals surface area contributed by atoms with Gasteiger partial charge in [0.1, 0.15) is 10.5 Å². The van der Waals surface area contributed by atoms with Gasteiger partial charge >= 0.3 is 0 Å². The lowest BCUT2D eigenvalue weighted by atomic mass is 9.78. The monoisotopic (exact) mass is 434 g/mol. The number of aliphatic hydroxyl groups is 1. The number of rotatable bonds is 5. The van der Waals surface area contributed by atoms with Gasteiger partial charge in [0.2, 0.25) is 11.8 Å². The molecule has 0 radical (unpaired) electrons. The van der Waals surface area contributed by atoms with E-state index in [0.29, 0.717) is 27.8 Å². The molecule has 0 spiro atoms. The maximum Gasteiger partial charge on any atom is 0.248 e. The molecule has 0 bridgehead atoms. The van der Waals surface area contributed by atoms with Crippen molar-refractivity contribution in [3.63, 3.8) is 0 Å². The standard InChI is InChI=1S/C21H21ClF2N4O2/c22-17-16(6-5-15-18(17)26-27-28(15)12-13-3-4-13)30-19-14(2-1-11-25-19)20(29)7-9-21(23,24)10-8-20/h1-2,5-6,11,13,29H,3-4,7-10,12H2. The van der Waals surface area contributed by atoms with Crippen LogP contribution < -0.4 is 4.74 Å². The van der Waals surface area contributed by atoms with Gasteiger partial charge in [-0.1, -0.05) is 16.8 Å². The molecule has 0 aliphatic heterocycles. The van der Waals surface area contributed by atoms with E-state index in [-0.39, 0.29) is 31.6 Å². The van der Waals surface area contributed by atoms with Crippen LogP contribution in [0.25, 0.3) is 11.0 Å². The highest BCUT2D eigenvalue weighted by atomic mass is 35.5. The van der Waals surface area contributed by atoms with Gasteiger partial charge in [-0.05, 0) is 55.9 Å². The maximum absolute atomic E-state index is 13.6. The van der Waals surface area contributed by atoms with Crippen LogP contribution in [0.1, 0.15) is 44.1 Å². The van der Waals surface area contributed by atoms with Crippen LogP contribution in [-0.2, 0) is 12.1 Å². The third kappa shape index (κ3) is 3.63. The third-order valence-electron chi connectivity index (χ3n) is 6.01. The van der Waals surface area contributed by atoms with Crippen LogP contribution >= 0.6 is 11.6 Å². The molecule has 1 aromatic carbocycles. The number of aromatic nitrogens is 4. The third-order valence-corrected chi connectivity index (χ3v) is 6.37. The zero-order chi connectivity index (χ0) is 20.9. The molecular weight excluding hydrogens is 414 g/mol. The van der Waals surface area contributed by atoms with Crippen molar-refractivity contribution < 1.29 is 18.6 Å². The van der Waals surface area contributed by atoms with Gasteiger partial charge in [-0.2, -0.15) is 0 Å². The Morgan fingerprint density at radius 3 is 2.67 bits per heavy atom. The molecule has 2 saturated carbocycles. The van der Waals surface area contributed by atoms with Gasteiger partial charge in [0.05, 0.1) is 11.1 Å². The lowest BCUT2D eigenvalue weighted by Gasteiger charge is -2.36. The summed E-state index contributed by atoms with van der Waals surface area (Å²) in [6.07, 6.45) is 3.04. The fourth-order valence-electron chi connectivity index (χ4n) is 3.97. The minimum atomic E-state index is -2.75. The molecule has 9 heteroatoms. The van der Waals surface area contributed by atoms with Gasteiger partial charge in [-0.25, -0.2) is 18.4 Å². The Bertz CT molecular complexity index is 1090. The first-order valence-electron chi connectivity index (χ1n) is 10.1. The summed E-state index contributed by atoms with van der Waals surface area (Å²) in [5.74, 6) is -1.63. The van der Waals surface area contributed by atoms with Crippen LogP contribution in [0.3, 0.4) is 0 Å². The molecule has 2 aromatic heterocycles. The van der Waals surface area contributed by atoms with E-state index in [1.165, 1.54) is 19.0 Å². The molecular formula is C21H21ClF2N4O2. The van der Waals surface area contributed by atoms with E-state index in [0.717, 1.165) is 12.1 Å². The van der Waals surface area contributed by atoms with E-state index in [1.54, 1.807) is 18.2 Å². The van der Waals surface area contributed by atoms with Crippen LogP contribution in [0, 0.1) is 5.92 Å². The summed E-state index contributed by atoms with van der Waals surface area (Å²) in [4.78, 5) is 4.24. The van der Waals surface area contributed by atoms with Gasteiger partial charge in [-0.15, -0.1) is 5.10 Å². The molecule has 2 aliphatic carbocycles. The van der Waals surface area contributed by atoms with E-state index < -0.39 is 11.5 Å². The molecule has 6 nitrogen and oxygen atoms in total. The average Bonchev–Trinajstić information content (AvgIpc) is 3.45. The van der Waals surface area contributed by atoms with E-state index in [1.807, 2.05) is 10.7 Å². The Balaban J connectivity index is 1.45. The zero-order valence-electron chi connectivity index (χ0n) is 16.2. The Morgan fingerprint density at radius 2 is 1.93 bits per heavy atom. The molecule has 0 saturated heterocycles. The Hall–Kier alpha value is -2.32. The van der Waals surface area contributed by atoms with Crippen molar-refractivity contribution in [3.8, 4) is 11.6 Å². The summed E-state index contributed by atoms with van der Waals surface area (Å²) in [6.45, 7) is 0.815. The first kappa shape index (κ1) is 19.6. The highest BCUT2D eigenvalue weighted by molar-refractivity contribution is 6.36. The fourth-order valence-corrected chi connectivity index (χ4v) is 4.21. The molecule has 30 heavy (non-hydrogen) atoms. The number of nitrogens with zero attached hydrogens (tertiary/aromatic N) is 4. The minimum absolute atomic E-state index is 0.0652. The van der Waals surface area contributed by atoms with Gasteiger partial charge in [0.15, 0.2) is 5.75 Å². The zero-order valence-corrected chi connectivity index (χ0v) is 16.9. The van der Waals surface area contributed by atoms with Crippen molar-refractivity contribution in [2.45, 2.75) is 56.6 Å². The van der Waals surface area contributed by atoms with E-state index in [2.05, 4.69) is 15.3 Å². The summed E-state index contributed by atoms with van der Waals surface area (Å²) in [5, 5.41) is 19.7. The average molecular weight is 435 g/mol. The van der Waals surface area contributed by atoms with Crippen molar-refractivity contribution in [3.05, 3.63) is 41.0 Å². The SMILES string of the molecule is OC1(c2cccnc2Oc2ccc3c(nnn3CC3CC3)c2Cl)CCC(F)(F)CC1. The highest BCUT2D eigenvalue weighted by Gasteiger charge is 2.44. The Kier molecular flexibility index (Phi) is 4.67. The van der Waals surface area contributed by atoms with Crippen LogP contribution in [0.4, 0.5) is 8.78 Å². The predicted molar refractivity (Wildman–Crippen MR) is 107 cm³/mol. The number of benzene rings is 1. The molecule has 2 aliphatic rings. The quantitative estimate of drug-likeness (QED) is 0.606. The smallest absolute Gasteiger partial charge is 0.248 e. The van der Waals surface area contributed by atoms with Crippen molar-refractivity contribution >= 4 is 22.6 Å². The molecule has 2 fully saturated rings. The topological polar surface area (TPSA) is 73.1 Å². The fraction of sp³-hybridized carbons (Fsp3) is 0.476. The second kappa shape index (κ2) is 7.13. The number of halogens is 3. The van der Waals surface area contributed by atoms with E-state index >= 15 is 0 Å². The summed E-state index contributed by atoms with van der Waals surface area (Å²) < 4.78 is 35.0. The molecule has 158 valence electrons. The van der Waals surface area contributed by atoms with Gasteiger partial charge in [0, 0.05) is 31.1 Å². The molecule has 1 N–H and O–H groups in total. The number of hydrogen-bond donors (Lipinski definition) is 1. The van der Waals surface area contributed by atoms with Crippen LogP contribution in [-0.4, -0.2) is 31.0 Å².